The minimum absolute atomic E-state index is 0.258. The van der Waals surface area contributed by atoms with E-state index in [9.17, 15) is 4.39 Å². The van der Waals surface area contributed by atoms with Crippen LogP contribution in [-0.2, 0) is 0 Å². The Kier molecular flexibility index (Phi) is 1.22. The van der Waals surface area contributed by atoms with E-state index in [1.807, 2.05) is 6.92 Å². The van der Waals surface area contributed by atoms with Crippen LogP contribution in [0.4, 0.5) is 4.39 Å². The van der Waals surface area contributed by atoms with Crippen LogP contribution in [0.1, 0.15) is 5.56 Å². The van der Waals surface area contributed by atoms with Crippen molar-refractivity contribution in [2.75, 3.05) is 0 Å². The Hall–Kier alpha value is -1.31. The summed E-state index contributed by atoms with van der Waals surface area (Å²) in [6.45, 7) is 1.93. The Labute approximate surface area is 63.4 Å². The first-order valence-electron chi connectivity index (χ1n) is 3.41. The molecule has 0 aliphatic carbocycles. The van der Waals surface area contributed by atoms with Crippen molar-refractivity contribution in [2.24, 2.45) is 0 Å². The molecule has 0 fully saturated rings. The van der Waals surface area contributed by atoms with Crippen LogP contribution in [0.25, 0.3) is 11.0 Å². The first kappa shape index (κ1) is 6.40. The number of benzene rings is 1. The summed E-state index contributed by atoms with van der Waals surface area (Å²) in [6.07, 6.45) is 1.63. The van der Waals surface area contributed by atoms with E-state index in [-0.39, 0.29) is 5.82 Å². The number of aryl methyl sites for hydroxylation is 1. The number of rotatable bonds is 0. The Balaban J connectivity index is 2.86. The van der Waals surface area contributed by atoms with Crippen LogP contribution in [0.5, 0.6) is 0 Å². The predicted octanol–water partition coefficient (Wildman–Crippen LogP) is 2.88. The van der Waals surface area contributed by atoms with Crippen molar-refractivity contribution in [1.82, 2.24) is 0 Å². The fourth-order valence-corrected chi connectivity index (χ4v) is 1.13. The number of hydrogen-bond acceptors (Lipinski definition) is 1. The van der Waals surface area contributed by atoms with Crippen LogP contribution < -0.4 is 0 Å². The van der Waals surface area contributed by atoms with Gasteiger partial charge in [-0.05, 0) is 24.6 Å². The third-order valence-corrected chi connectivity index (χ3v) is 1.73. The highest BCUT2D eigenvalue weighted by Gasteiger charge is 2.01. The van der Waals surface area contributed by atoms with Crippen LogP contribution in [0, 0.1) is 12.7 Å². The molecule has 1 aromatic heterocycles. The molecule has 1 aromatic carbocycles. The summed E-state index contributed by atoms with van der Waals surface area (Å²) in [7, 11) is 0. The van der Waals surface area contributed by atoms with Crippen molar-refractivity contribution >= 4 is 11.0 Å². The SMILES string of the molecule is Cc1coc2cc(F)ccc12. The summed E-state index contributed by atoms with van der Waals surface area (Å²) in [6, 6.07) is 4.55. The fraction of sp³-hybridized carbons (Fsp3) is 0.111. The van der Waals surface area contributed by atoms with E-state index in [4.69, 9.17) is 4.42 Å². The highest BCUT2D eigenvalue weighted by Crippen LogP contribution is 2.20. The van der Waals surface area contributed by atoms with E-state index < -0.39 is 0 Å². The zero-order chi connectivity index (χ0) is 7.84. The van der Waals surface area contributed by atoms with Crippen molar-refractivity contribution in [3.05, 3.63) is 35.8 Å². The van der Waals surface area contributed by atoms with E-state index in [2.05, 4.69) is 0 Å². The maximum absolute atomic E-state index is 12.6. The standard InChI is InChI=1S/C9H7FO/c1-6-5-11-9-4-7(10)2-3-8(6)9/h2-5H,1H3. The molecule has 1 heterocycles. The number of furan rings is 1. The Morgan fingerprint density at radius 2 is 2.18 bits per heavy atom. The molecule has 0 radical (unpaired) electrons. The fourth-order valence-electron chi connectivity index (χ4n) is 1.13. The predicted molar refractivity (Wildman–Crippen MR) is 40.9 cm³/mol. The van der Waals surface area contributed by atoms with Crippen LogP contribution in [0.3, 0.4) is 0 Å². The summed E-state index contributed by atoms with van der Waals surface area (Å²) in [5, 5.41) is 0.978. The quantitative estimate of drug-likeness (QED) is 0.562. The van der Waals surface area contributed by atoms with Crippen molar-refractivity contribution < 1.29 is 8.81 Å². The topological polar surface area (TPSA) is 13.1 Å². The summed E-state index contributed by atoms with van der Waals surface area (Å²) in [4.78, 5) is 0. The third-order valence-electron chi connectivity index (χ3n) is 1.73. The number of hydrogen-bond donors (Lipinski definition) is 0. The molecule has 0 saturated carbocycles. The largest absolute Gasteiger partial charge is 0.464 e. The molecule has 2 aromatic rings. The molecule has 11 heavy (non-hydrogen) atoms. The van der Waals surface area contributed by atoms with Gasteiger partial charge >= 0.3 is 0 Å². The smallest absolute Gasteiger partial charge is 0.137 e. The number of halogens is 1. The summed E-state index contributed by atoms with van der Waals surface area (Å²) >= 11 is 0. The minimum atomic E-state index is -0.258. The lowest BCUT2D eigenvalue weighted by Crippen LogP contribution is -1.71. The highest BCUT2D eigenvalue weighted by atomic mass is 19.1. The van der Waals surface area contributed by atoms with Gasteiger partial charge in [0, 0.05) is 11.5 Å². The lowest BCUT2D eigenvalue weighted by Gasteiger charge is -1.88. The Morgan fingerprint density at radius 3 is 3.00 bits per heavy atom. The minimum Gasteiger partial charge on any atom is -0.464 e. The maximum Gasteiger partial charge on any atom is 0.137 e. The lowest BCUT2D eigenvalue weighted by atomic mass is 10.2. The van der Waals surface area contributed by atoms with Gasteiger partial charge in [-0.25, -0.2) is 4.39 Å². The molecule has 0 aliphatic heterocycles. The van der Waals surface area contributed by atoms with Gasteiger partial charge in [-0.2, -0.15) is 0 Å². The van der Waals surface area contributed by atoms with E-state index in [0.717, 1.165) is 10.9 Å². The van der Waals surface area contributed by atoms with Crippen LogP contribution in [0.15, 0.2) is 28.9 Å². The second-order valence-electron chi connectivity index (χ2n) is 2.56. The van der Waals surface area contributed by atoms with Crippen molar-refractivity contribution in [2.45, 2.75) is 6.92 Å². The molecule has 0 atom stereocenters. The van der Waals surface area contributed by atoms with Crippen molar-refractivity contribution in [1.29, 1.82) is 0 Å². The molecule has 0 N–H and O–H groups in total. The van der Waals surface area contributed by atoms with Gasteiger partial charge in [-0.1, -0.05) is 0 Å². The second kappa shape index (κ2) is 2.09. The van der Waals surface area contributed by atoms with Crippen molar-refractivity contribution in [3.63, 3.8) is 0 Å². The van der Waals surface area contributed by atoms with Gasteiger partial charge in [0.25, 0.3) is 0 Å². The summed E-state index contributed by atoms with van der Waals surface area (Å²) in [5.41, 5.74) is 1.66. The average Bonchev–Trinajstić information content (AvgIpc) is 2.32. The maximum atomic E-state index is 12.6. The molecule has 2 rings (SSSR count). The molecule has 0 aliphatic rings. The van der Waals surface area contributed by atoms with Gasteiger partial charge in [0.15, 0.2) is 0 Å². The monoisotopic (exact) mass is 150 g/mol. The molecule has 0 bridgehead atoms. The normalized spacial score (nSPS) is 10.7. The van der Waals surface area contributed by atoms with E-state index in [1.165, 1.54) is 12.1 Å². The lowest BCUT2D eigenvalue weighted by molar-refractivity contribution is 0.597. The van der Waals surface area contributed by atoms with Gasteiger partial charge in [0.1, 0.15) is 11.4 Å². The van der Waals surface area contributed by atoms with Gasteiger partial charge in [0.05, 0.1) is 6.26 Å². The van der Waals surface area contributed by atoms with E-state index in [1.54, 1.807) is 12.3 Å². The zero-order valence-electron chi connectivity index (χ0n) is 6.10. The van der Waals surface area contributed by atoms with Crippen molar-refractivity contribution in [3.8, 4) is 0 Å². The molecule has 0 amide bonds. The molecule has 1 nitrogen and oxygen atoms in total. The van der Waals surface area contributed by atoms with Crippen LogP contribution in [0.2, 0.25) is 0 Å². The molecule has 0 saturated heterocycles. The first-order chi connectivity index (χ1) is 5.27. The Morgan fingerprint density at radius 1 is 1.36 bits per heavy atom. The summed E-state index contributed by atoms with van der Waals surface area (Å²) < 4.78 is 17.7. The van der Waals surface area contributed by atoms with Gasteiger partial charge in [-0.3, -0.25) is 0 Å². The zero-order valence-corrected chi connectivity index (χ0v) is 6.10. The van der Waals surface area contributed by atoms with Gasteiger partial charge in [-0.15, -0.1) is 0 Å². The highest BCUT2D eigenvalue weighted by molar-refractivity contribution is 5.80. The van der Waals surface area contributed by atoms with E-state index in [0.29, 0.717) is 5.58 Å². The number of fused-ring (bicyclic) bond motifs is 1. The summed E-state index contributed by atoms with van der Waals surface area (Å²) in [5.74, 6) is -0.258. The first-order valence-corrected chi connectivity index (χ1v) is 3.41. The second-order valence-corrected chi connectivity index (χ2v) is 2.56. The van der Waals surface area contributed by atoms with Gasteiger partial charge < -0.3 is 4.42 Å². The molecule has 0 spiro atoms. The molecular weight excluding hydrogens is 143 g/mol. The van der Waals surface area contributed by atoms with E-state index >= 15 is 0 Å². The molecule has 56 valence electrons. The average molecular weight is 150 g/mol. The van der Waals surface area contributed by atoms with Crippen LogP contribution in [-0.4, -0.2) is 0 Å². The molecular formula is C9H7FO. The van der Waals surface area contributed by atoms with Crippen LogP contribution >= 0.6 is 0 Å². The Bertz CT molecular complexity index is 389. The molecule has 0 unspecified atom stereocenters. The van der Waals surface area contributed by atoms with Gasteiger partial charge in [0.2, 0.25) is 0 Å². The molecule has 2 heteroatoms. The third kappa shape index (κ3) is 0.909.